The van der Waals surface area contributed by atoms with E-state index in [9.17, 15) is 28.1 Å². The second kappa shape index (κ2) is 8.23. The van der Waals surface area contributed by atoms with Crippen molar-refractivity contribution in [3.05, 3.63) is 34.4 Å². The summed E-state index contributed by atoms with van der Waals surface area (Å²) in [5, 5.41) is 13.5. The van der Waals surface area contributed by atoms with E-state index >= 15 is 0 Å². The van der Waals surface area contributed by atoms with Crippen LogP contribution in [0, 0.1) is 10.1 Å². The quantitative estimate of drug-likeness (QED) is 0.478. The molecule has 142 valence electrons. The van der Waals surface area contributed by atoms with E-state index < -0.39 is 38.0 Å². The normalized spacial score (nSPS) is 15.7. The minimum Gasteiger partial charge on any atom is -0.351 e. The maximum Gasteiger partial charge on any atom is 0.289 e. The summed E-state index contributed by atoms with van der Waals surface area (Å²) in [5.41, 5.74) is -0.568. The van der Waals surface area contributed by atoms with Gasteiger partial charge in [-0.3, -0.25) is 19.7 Å². The number of nitrogens with zero attached hydrogens (tertiary/aromatic N) is 2. The molecule has 0 radical (unpaired) electrons. The molecule has 10 nitrogen and oxygen atoms in total. The van der Waals surface area contributed by atoms with Crippen molar-refractivity contribution < 1.29 is 22.9 Å². The molecule has 1 aromatic rings. The molecule has 0 unspecified atom stereocenters. The van der Waals surface area contributed by atoms with E-state index in [0.29, 0.717) is 19.5 Å². The third-order valence-corrected chi connectivity index (χ3v) is 5.30. The lowest BCUT2D eigenvalue weighted by Gasteiger charge is -2.21. The van der Waals surface area contributed by atoms with Gasteiger partial charge in [0.2, 0.25) is 21.8 Å². The number of benzene rings is 1. The maximum absolute atomic E-state index is 12.2. The molecule has 1 saturated heterocycles. The summed E-state index contributed by atoms with van der Waals surface area (Å²) in [6, 6.07) is 4.53. The Morgan fingerprint density at radius 1 is 1.38 bits per heavy atom. The zero-order valence-corrected chi connectivity index (χ0v) is 15.0. The molecular formula is C15H20N4O6S. The first-order chi connectivity index (χ1) is 12.2. The zero-order chi connectivity index (χ0) is 19.3. The molecule has 0 bridgehead atoms. The highest BCUT2D eigenvalue weighted by Crippen LogP contribution is 2.22. The monoisotopic (exact) mass is 384 g/mol. The number of nitro groups is 1. The Morgan fingerprint density at radius 2 is 2.08 bits per heavy atom. The number of hydrogen-bond acceptors (Lipinski definition) is 6. The summed E-state index contributed by atoms with van der Waals surface area (Å²) in [6.45, 7) is 2.14. The highest BCUT2D eigenvalue weighted by Gasteiger charge is 2.26. The van der Waals surface area contributed by atoms with Gasteiger partial charge in [0.15, 0.2) is 4.90 Å². The van der Waals surface area contributed by atoms with Gasteiger partial charge in [0.25, 0.3) is 5.69 Å². The fraction of sp³-hybridized carbons (Fsp3) is 0.467. The predicted molar refractivity (Wildman–Crippen MR) is 91.7 cm³/mol. The SMILES string of the molecule is C[C@@H](CN1CCCC1=O)NC(=O)CNS(=O)(=O)c1ccccc1[N+](=O)[O-]. The van der Waals surface area contributed by atoms with E-state index in [2.05, 4.69) is 10.0 Å². The van der Waals surface area contributed by atoms with Gasteiger partial charge in [0.05, 0.1) is 11.5 Å². The van der Waals surface area contributed by atoms with Gasteiger partial charge in [0.1, 0.15) is 0 Å². The molecule has 2 rings (SSSR count). The van der Waals surface area contributed by atoms with Crippen LogP contribution in [-0.4, -0.2) is 55.7 Å². The van der Waals surface area contributed by atoms with Crippen LogP contribution in [0.3, 0.4) is 0 Å². The average Bonchev–Trinajstić information content (AvgIpc) is 2.98. The first kappa shape index (κ1) is 19.8. The van der Waals surface area contributed by atoms with Crippen molar-refractivity contribution in [2.75, 3.05) is 19.6 Å². The Balaban J connectivity index is 1.92. The molecule has 1 aliphatic heterocycles. The van der Waals surface area contributed by atoms with Crippen molar-refractivity contribution in [2.24, 2.45) is 0 Å². The predicted octanol–water partition coefficient (Wildman–Crippen LogP) is 0.000200. The second-order valence-electron chi connectivity index (χ2n) is 5.96. The molecule has 0 spiro atoms. The molecule has 1 fully saturated rings. The van der Waals surface area contributed by atoms with E-state index in [4.69, 9.17) is 0 Å². The largest absolute Gasteiger partial charge is 0.351 e. The molecule has 2 amide bonds. The molecule has 2 N–H and O–H groups in total. The number of para-hydroxylation sites is 1. The summed E-state index contributed by atoms with van der Waals surface area (Å²) < 4.78 is 26.5. The fourth-order valence-electron chi connectivity index (χ4n) is 2.67. The molecule has 1 aromatic carbocycles. The number of rotatable bonds is 8. The topological polar surface area (TPSA) is 139 Å². The van der Waals surface area contributed by atoms with Gasteiger partial charge < -0.3 is 10.2 Å². The summed E-state index contributed by atoms with van der Waals surface area (Å²) in [5.74, 6) is -0.561. The Kier molecular flexibility index (Phi) is 6.27. The molecule has 1 aliphatic rings. The van der Waals surface area contributed by atoms with Crippen LogP contribution in [0.5, 0.6) is 0 Å². The summed E-state index contributed by atoms with van der Waals surface area (Å²) in [6.07, 6.45) is 1.28. The standard InChI is InChI=1S/C15H20N4O6S/c1-11(10-18-8-4-7-15(18)21)17-14(20)9-16-26(24,25)13-6-3-2-5-12(13)19(22)23/h2-3,5-6,11,16H,4,7-10H2,1H3,(H,17,20)/t11-/m0/s1. The van der Waals surface area contributed by atoms with Crippen molar-refractivity contribution >= 4 is 27.5 Å². The maximum atomic E-state index is 12.2. The van der Waals surface area contributed by atoms with E-state index in [1.54, 1.807) is 11.8 Å². The van der Waals surface area contributed by atoms with Crippen molar-refractivity contribution in [1.29, 1.82) is 0 Å². The van der Waals surface area contributed by atoms with Gasteiger partial charge in [-0.25, -0.2) is 13.1 Å². The van der Waals surface area contributed by atoms with Crippen LogP contribution in [-0.2, 0) is 19.6 Å². The number of nitro benzene ring substituents is 1. The van der Waals surface area contributed by atoms with Gasteiger partial charge >= 0.3 is 0 Å². The van der Waals surface area contributed by atoms with Crippen LogP contribution in [0.2, 0.25) is 0 Å². The Labute approximate surface area is 150 Å². The van der Waals surface area contributed by atoms with Gasteiger partial charge in [0, 0.05) is 31.6 Å². The van der Waals surface area contributed by atoms with Crippen LogP contribution >= 0.6 is 0 Å². The first-order valence-corrected chi connectivity index (χ1v) is 9.49. The van der Waals surface area contributed by atoms with E-state index in [-0.39, 0.29) is 11.9 Å². The lowest BCUT2D eigenvalue weighted by atomic mass is 10.3. The van der Waals surface area contributed by atoms with Crippen molar-refractivity contribution in [3.8, 4) is 0 Å². The van der Waals surface area contributed by atoms with Gasteiger partial charge in [-0.1, -0.05) is 12.1 Å². The van der Waals surface area contributed by atoms with Crippen LogP contribution in [0.25, 0.3) is 0 Å². The minimum absolute atomic E-state index is 0.0307. The van der Waals surface area contributed by atoms with Crippen LogP contribution in [0.15, 0.2) is 29.2 Å². The summed E-state index contributed by atoms with van der Waals surface area (Å²) in [4.78, 5) is 34.8. The molecule has 0 aliphatic carbocycles. The molecule has 1 heterocycles. The number of hydrogen-bond donors (Lipinski definition) is 2. The third kappa shape index (κ3) is 4.99. The van der Waals surface area contributed by atoms with Crippen molar-refractivity contribution in [2.45, 2.75) is 30.7 Å². The minimum atomic E-state index is -4.21. The molecule has 0 saturated carbocycles. The van der Waals surface area contributed by atoms with E-state index in [1.165, 1.54) is 12.1 Å². The van der Waals surface area contributed by atoms with Gasteiger partial charge in [-0.05, 0) is 19.4 Å². The van der Waals surface area contributed by atoms with E-state index in [1.807, 2.05) is 0 Å². The smallest absolute Gasteiger partial charge is 0.289 e. The fourth-order valence-corrected chi connectivity index (χ4v) is 3.82. The molecule has 1 atom stereocenters. The summed E-state index contributed by atoms with van der Waals surface area (Å²) >= 11 is 0. The second-order valence-corrected chi connectivity index (χ2v) is 7.70. The number of sulfonamides is 1. The van der Waals surface area contributed by atoms with Crippen LogP contribution in [0.1, 0.15) is 19.8 Å². The van der Waals surface area contributed by atoms with Crippen molar-refractivity contribution in [3.63, 3.8) is 0 Å². The highest BCUT2D eigenvalue weighted by molar-refractivity contribution is 7.89. The molecule has 0 aromatic heterocycles. The number of amides is 2. The zero-order valence-electron chi connectivity index (χ0n) is 14.2. The van der Waals surface area contributed by atoms with E-state index in [0.717, 1.165) is 18.6 Å². The first-order valence-electron chi connectivity index (χ1n) is 8.01. The molecule has 11 heteroatoms. The lowest BCUT2D eigenvalue weighted by molar-refractivity contribution is -0.387. The van der Waals surface area contributed by atoms with Crippen LogP contribution < -0.4 is 10.0 Å². The average molecular weight is 384 g/mol. The van der Waals surface area contributed by atoms with Gasteiger partial charge in [-0.2, -0.15) is 0 Å². The number of likely N-dealkylation sites (tertiary alicyclic amines) is 1. The molecular weight excluding hydrogens is 364 g/mol. The lowest BCUT2D eigenvalue weighted by Crippen LogP contribution is -2.46. The number of carbonyl (C=O) groups is 2. The van der Waals surface area contributed by atoms with Crippen molar-refractivity contribution in [1.82, 2.24) is 14.9 Å². The summed E-state index contributed by atoms with van der Waals surface area (Å²) in [7, 11) is -4.21. The van der Waals surface area contributed by atoms with Crippen LogP contribution in [0.4, 0.5) is 5.69 Å². The number of carbonyl (C=O) groups excluding carboxylic acids is 2. The van der Waals surface area contributed by atoms with Gasteiger partial charge in [-0.15, -0.1) is 0 Å². The molecule has 26 heavy (non-hydrogen) atoms. The third-order valence-electron chi connectivity index (χ3n) is 3.85. The Bertz CT molecular complexity index is 810. The Hall–Kier alpha value is -2.53. The number of nitrogens with one attached hydrogen (secondary N) is 2. The Morgan fingerprint density at radius 3 is 2.69 bits per heavy atom. The highest BCUT2D eigenvalue weighted by atomic mass is 32.2.